The van der Waals surface area contributed by atoms with Gasteiger partial charge in [0.15, 0.2) is 0 Å². The summed E-state index contributed by atoms with van der Waals surface area (Å²) in [5.41, 5.74) is 0. The molecule has 1 fully saturated rings. The molecule has 2 unspecified atom stereocenters. The molecule has 0 saturated carbocycles. The van der Waals surface area contributed by atoms with Crippen LogP contribution in [0.25, 0.3) is 0 Å². The molecule has 0 aromatic heterocycles. The number of nitrogens with one attached hydrogen (secondary N) is 1. The summed E-state index contributed by atoms with van der Waals surface area (Å²) in [7, 11) is 0. The Labute approximate surface area is 127 Å². The van der Waals surface area contributed by atoms with Crippen molar-refractivity contribution < 1.29 is 0 Å². The van der Waals surface area contributed by atoms with Crippen molar-refractivity contribution in [2.45, 2.75) is 97.1 Å². The highest BCUT2D eigenvalue weighted by molar-refractivity contribution is 4.84. The third-order valence-electron chi connectivity index (χ3n) is 4.82. The quantitative estimate of drug-likeness (QED) is 0.558. The van der Waals surface area contributed by atoms with Crippen molar-refractivity contribution in [1.82, 2.24) is 10.2 Å². The van der Waals surface area contributed by atoms with E-state index in [2.05, 4.69) is 31.0 Å². The first kappa shape index (κ1) is 18.0. The molecule has 0 aliphatic carbocycles. The number of likely N-dealkylation sites (tertiary alicyclic amines) is 1. The van der Waals surface area contributed by atoms with Gasteiger partial charge in [-0.1, -0.05) is 58.8 Å². The molecule has 2 atom stereocenters. The van der Waals surface area contributed by atoms with Gasteiger partial charge in [-0.2, -0.15) is 0 Å². The van der Waals surface area contributed by atoms with Crippen LogP contribution in [0.5, 0.6) is 0 Å². The lowest BCUT2D eigenvalue weighted by Gasteiger charge is -2.39. The predicted molar refractivity (Wildman–Crippen MR) is 90.3 cm³/mol. The molecule has 1 heterocycles. The second-order valence-corrected chi connectivity index (χ2v) is 6.57. The van der Waals surface area contributed by atoms with Crippen LogP contribution in [0.15, 0.2) is 0 Å². The molecule has 0 amide bonds. The first-order chi connectivity index (χ1) is 9.79. The highest BCUT2D eigenvalue weighted by Gasteiger charge is 2.26. The van der Waals surface area contributed by atoms with Gasteiger partial charge in [0.05, 0.1) is 0 Å². The van der Waals surface area contributed by atoms with Crippen molar-refractivity contribution in [2.75, 3.05) is 19.6 Å². The molecule has 120 valence electrons. The van der Waals surface area contributed by atoms with Crippen LogP contribution in [0.3, 0.4) is 0 Å². The number of rotatable bonds is 11. The summed E-state index contributed by atoms with van der Waals surface area (Å²) in [6.45, 7) is 10.6. The van der Waals surface area contributed by atoms with Gasteiger partial charge in [-0.25, -0.2) is 0 Å². The molecule has 0 radical (unpaired) electrons. The molecule has 1 saturated heterocycles. The smallest absolute Gasteiger partial charge is 0.0246 e. The average Bonchev–Trinajstić information content (AvgIpc) is 2.47. The van der Waals surface area contributed by atoms with Crippen LogP contribution in [-0.2, 0) is 0 Å². The standard InChI is InChI=1S/C18H38N2/c1-4-6-7-8-9-10-12-15-20-16-13-11-14-18(20)17(3)19-5-2/h17-19H,4-16H2,1-3H3. The maximum atomic E-state index is 3.63. The Morgan fingerprint density at radius 3 is 2.40 bits per heavy atom. The SMILES string of the molecule is CCCCCCCCCN1CCCCC1C(C)NCC. The fourth-order valence-corrected chi connectivity index (χ4v) is 3.59. The minimum absolute atomic E-state index is 0.657. The third-order valence-corrected chi connectivity index (χ3v) is 4.82. The minimum atomic E-state index is 0.657. The Morgan fingerprint density at radius 2 is 1.70 bits per heavy atom. The molecule has 0 spiro atoms. The number of nitrogens with zero attached hydrogens (tertiary/aromatic N) is 1. The van der Waals surface area contributed by atoms with Crippen molar-refractivity contribution in [3.63, 3.8) is 0 Å². The summed E-state index contributed by atoms with van der Waals surface area (Å²) in [4.78, 5) is 2.77. The van der Waals surface area contributed by atoms with Crippen LogP contribution in [-0.4, -0.2) is 36.6 Å². The van der Waals surface area contributed by atoms with Gasteiger partial charge in [0.2, 0.25) is 0 Å². The Kier molecular flexibility index (Phi) is 10.4. The number of likely N-dealkylation sites (N-methyl/N-ethyl adjacent to an activating group) is 1. The first-order valence-corrected chi connectivity index (χ1v) is 9.27. The summed E-state index contributed by atoms with van der Waals surface area (Å²) >= 11 is 0. The van der Waals surface area contributed by atoms with E-state index in [9.17, 15) is 0 Å². The first-order valence-electron chi connectivity index (χ1n) is 9.27. The van der Waals surface area contributed by atoms with Gasteiger partial charge >= 0.3 is 0 Å². The second-order valence-electron chi connectivity index (χ2n) is 6.57. The van der Waals surface area contributed by atoms with Crippen LogP contribution < -0.4 is 5.32 Å². The molecule has 2 nitrogen and oxygen atoms in total. The summed E-state index contributed by atoms with van der Waals surface area (Å²) in [5.74, 6) is 0. The normalized spacial score (nSPS) is 22.1. The molecule has 2 heteroatoms. The van der Waals surface area contributed by atoms with Crippen LogP contribution in [0.2, 0.25) is 0 Å². The van der Waals surface area contributed by atoms with Crippen molar-refractivity contribution in [2.24, 2.45) is 0 Å². The van der Waals surface area contributed by atoms with E-state index in [0.29, 0.717) is 6.04 Å². The Balaban J connectivity index is 2.15. The van der Waals surface area contributed by atoms with Crippen molar-refractivity contribution in [3.05, 3.63) is 0 Å². The molecule has 0 aromatic rings. The Bertz CT molecular complexity index is 217. The van der Waals surface area contributed by atoms with E-state index in [1.165, 1.54) is 77.3 Å². The summed E-state index contributed by atoms with van der Waals surface area (Å²) < 4.78 is 0. The van der Waals surface area contributed by atoms with Crippen molar-refractivity contribution >= 4 is 0 Å². The number of hydrogen-bond acceptors (Lipinski definition) is 2. The van der Waals surface area contributed by atoms with E-state index >= 15 is 0 Å². The van der Waals surface area contributed by atoms with Crippen LogP contribution in [0.4, 0.5) is 0 Å². The van der Waals surface area contributed by atoms with Gasteiger partial charge < -0.3 is 5.32 Å². The largest absolute Gasteiger partial charge is 0.313 e. The van der Waals surface area contributed by atoms with Crippen LogP contribution in [0, 0.1) is 0 Å². The van der Waals surface area contributed by atoms with E-state index in [1.54, 1.807) is 0 Å². The van der Waals surface area contributed by atoms with Gasteiger partial charge in [0.25, 0.3) is 0 Å². The third kappa shape index (κ3) is 7.08. The van der Waals surface area contributed by atoms with E-state index in [0.717, 1.165) is 12.6 Å². The molecule has 1 N–H and O–H groups in total. The van der Waals surface area contributed by atoms with E-state index < -0.39 is 0 Å². The molecule has 0 aromatic carbocycles. The van der Waals surface area contributed by atoms with Crippen LogP contribution >= 0.6 is 0 Å². The fourth-order valence-electron chi connectivity index (χ4n) is 3.59. The topological polar surface area (TPSA) is 15.3 Å². The zero-order valence-corrected chi connectivity index (χ0v) is 14.3. The van der Waals surface area contributed by atoms with E-state index in [-0.39, 0.29) is 0 Å². The minimum Gasteiger partial charge on any atom is -0.313 e. The molecule has 1 aliphatic heterocycles. The van der Waals surface area contributed by atoms with Crippen molar-refractivity contribution in [3.8, 4) is 0 Å². The van der Waals surface area contributed by atoms with Gasteiger partial charge in [0, 0.05) is 12.1 Å². The zero-order valence-electron chi connectivity index (χ0n) is 14.3. The summed E-state index contributed by atoms with van der Waals surface area (Å²) in [6, 6.07) is 1.44. The van der Waals surface area contributed by atoms with Gasteiger partial charge in [-0.3, -0.25) is 4.90 Å². The monoisotopic (exact) mass is 282 g/mol. The average molecular weight is 283 g/mol. The van der Waals surface area contributed by atoms with Gasteiger partial charge in [0.1, 0.15) is 0 Å². The summed E-state index contributed by atoms with van der Waals surface area (Å²) in [5, 5.41) is 3.63. The lowest BCUT2D eigenvalue weighted by atomic mass is 9.96. The molecule has 1 aliphatic rings. The van der Waals surface area contributed by atoms with Crippen molar-refractivity contribution in [1.29, 1.82) is 0 Å². The highest BCUT2D eigenvalue weighted by Crippen LogP contribution is 2.20. The Morgan fingerprint density at radius 1 is 1.00 bits per heavy atom. The maximum Gasteiger partial charge on any atom is 0.0246 e. The summed E-state index contributed by atoms with van der Waals surface area (Å²) in [6.07, 6.45) is 14.2. The molecule has 20 heavy (non-hydrogen) atoms. The lowest BCUT2D eigenvalue weighted by molar-refractivity contribution is 0.117. The Hall–Kier alpha value is -0.0800. The molecular weight excluding hydrogens is 244 g/mol. The number of hydrogen-bond donors (Lipinski definition) is 1. The van der Waals surface area contributed by atoms with Gasteiger partial charge in [-0.15, -0.1) is 0 Å². The zero-order chi connectivity index (χ0) is 14.6. The number of unbranched alkanes of at least 4 members (excludes halogenated alkanes) is 6. The van der Waals surface area contributed by atoms with Gasteiger partial charge in [-0.05, 0) is 45.8 Å². The maximum absolute atomic E-state index is 3.63. The fraction of sp³-hybridized carbons (Fsp3) is 1.00. The molecule has 1 rings (SSSR count). The predicted octanol–water partition coefficient (Wildman–Crippen LogP) is 4.59. The second kappa shape index (κ2) is 11.6. The van der Waals surface area contributed by atoms with E-state index in [1.807, 2.05) is 0 Å². The van der Waals surface area contributed by atoms with Crippen LogP contribution in [0.1, 0.15) is 85.0 Å². The van der Waals surface area contributed by atoms with E-state index in [4.69, 9.17) is 0 Å². The highest BCUT2D eigenvalue weighted by atomic mass is 15.2. The number of piperidine rings is 1. The molecule has 0 bridgehead atoms. The lowest BCUT2D eigenvalue weighted by Crippen LogP contribution is -2.51. The molecular formula is C18H38N2.